The molecule has 0 spiro atoms. The Morgan fingerprint density at radius 2 is 2.22 bits per heavy atom. The second-order valence-corrected chi connectivity index (χ2v) is 5.46. The van der Waals surface area contributed by atoms with Gasteiger partial charge in [0.1, 0.15) is 16.8 Å². The molecule has 1 aromatic rings. The van der Waals surface area contributed by atoms with Crippen molar-refractivity contribution in [2.45, 2.75) is 32.2 Å². The Balaban J connectivity index is 2.21. The van der Waals surface area contributed by atoms with Crippen LogP contribution < -0.4 is 4.90 Å². The standard InChI is InChI=1S/C13H21ClN4/c1-4-12-15-11(14)8-13(16-12)18-7-5-6-10(18)9-17(2)3/h8,10H,4-7,9H2,1-3H3. The fraction of sp³-hybridized carbons (Fsp3) is 0.692. The summed E-state index contributed by atoms with van der Waals surface area (Å²) in [5.41, 5.74) is 0. The van der Waals surface area contributed by atoms with Crippen molar-refractivity contribution in [1.82, 2.24) is 14.9 Å². The highest BCUT2D eigenvalue weighted by Gasteiger charge is 2.26. The third kappa shape index (κ3) is 3.12. The van der Waals surface area contributed by atoms with Gasteiger partial charge in [0.2, 0.25) is 0 Å². The molecule has 4 nitrogen and oxygen atoms in total. The predicted octanol–water partition coefficient (Wildman–Crippen LogP) is 2.22. The lowest BCUT2D eigenvalue weighted by Gasteiger charge is -2.28. The molecule has 1 aliphatic heterocycles. The number of aryl methyl sites for hydroxylation is 1. The fourth-order valence-corrected chi connectivity index (χ4v) is 2.70. The molecule has 0 bridgehead atoms. The molecule has 1 aromatic heterocycles. The highest BCUT2D eigenvalue weighted by atomic mass is 35.5. The normalized spacial score (nSPS) is 19.8. The van der Waals surface area contributed by atoms with Gasteiger partial charge in [-0.2, -0.15) is 0 Å². The molecule has 1 fully saturated rings. The van der Waals surface area contributed by atoms with E-state index in [1.165, 1.54) is 12.8 Å². The van der Waals surface area contributed by atoms with Crippen LogP contribution >= 0.6 is 11.6 Å². The highest BCUT2D eigenvalue weighted by molar-refractivity contribution is 6.29. The molecule has 0 N–H and O–H groups in total. The average molecular weight is 269 g/mol. The summed E-state index contributed by atoms with van der Waals surface area (Å²) in [5, 5.41) is 0.548. The number of nitrogens with zero attached hydrogens (tertiary/aromatic N) is 4. The van der Waals surface area contributed by atoms with Gasteiger partial charge in [-0.3, -0.25) is 0 Å². The van der Waals surface area contributed by atoms with Gasteiger partial charge in [-0.15, -0.1) is 0 Å². The van der Waals surface area contributed by atoms with E-state index in [9.17, 15) is 0 Å². The minimum Gasteiger partial charge on any atom is -0.352 e. The van der Waals surface area contributed by atoms with Crippen molar-refractivity contribution in [3.63, 3.8) is 0 Å². The van der Waals surface area contributed by atoms with E-state index in [-0.39, 0.29) is 0 Å². The van der Waals surface area contributed by atoms with Crippen LogP contribution in [0.3, 0.4) is 0 Å². The van der Waals surface area contributed by atoms with Crippen LogP contribution in [0.1, 0.15) is 25.6 Å². The number of hydrogen-bond acceptors (Lipinski definition) is 4. The third-order valence-electron chi connectivity index (χ3n) is 3.29. The lowest BCUT2D eigenvalue weighted by molar-refractivity contribution is 0.371. The van der Waals surface area contributed by atoms with Gasteiger partial charge in [-0.05, 0) is 26.9 Å². The van der Waals surface area contributed by atoms with Gasteiger partial charge < -0.3 is 9.80 Å². The van der Waals surface area contributed by atoms with Gasteiger partial charge in [-0.1, -0.05) is 18.5 Å². The third-order valence-corrected chi connectivity index (χ3v) is 3.48. The zero-order chi connectivity index (χ0) is 13.1. The van der Waals surface area contributed by atoms with Crippen LogP contribution in [0.2, 0.25) is 5.15 Å². The van der Waals surface area contributed by atoms with Crippen molar-refractivity contribution in [3.8, 4) is 0 Å². The molecule has 0 aromatic carbocycles. The molecule has 100 valence electrons. The van der Waals surface area contributed by atoms with Crippen molar-refractivity contribution in [3.05, 3.63) is 17.0 Å². The molecule has 0 aliphatic carbocycles. The van der Waals surface area contributed by atoms with Crippen LogP contribution in [0.25, 0.3) is 0 Å². The number of rotatable bonds is 4. The Hall–Kier alpha value is -0.870. The first kappa shape index (κ1) is 13.6. The van der Waals surface area contributed by atoms with Crippen molar-refractivity contribution in [1.29, 1.82) is 0 Å². The summed E-state index contributed by atoms with van der Waals surface area (Å²) in [4.78, 5) is 13.4. The van der Waals surface area contributed by atoms with E-state index in [1.807, 2.05) is 6.07 Å². The summed E-state index contributed by atoms with van der Waals surface area (Å²) in [6.45, 7) is 4.18. The van der Waals surface area contributed by atoms with Crippen LogP contribution in [0.5, 0.6) is 0 Å². The molecule has 1 saturated heterocycles. The van der Waals surface area contributed by atoms with E-state index in [2.05, 4.69) is 40.8 Å². The number of anilines is 1. The molecule has 5 heteroatoms. The van der Waals surface area contributed by atoms with E-state index < -0.39 is 0 Å². The summed E-state index contributed by atoms with van der Waals surface area (Å²) in [6.07, 6.45) is 3.27. The summed E-state index contributed by atoms with van der Waals surface area (Å²) in [7, 11) is 4.22. The highest BCUT2D eigenvalue weighted by Crippen LogP contribution is 2.26. The fourth-order valence-electron chi connectivity index (χ4n) is 2.51. The minimum atomic E-state index is 0.538. The minimum absolute atomic E-state index is 0.538. The van der Waals surface area contributed by atoms with Crippen molar-refractivity contribution in [2.75, 3.05) is 32.1 Å². The number of hydrogen-bond donors (Lipinski definition) is 0. The molecule has 1 unspecified atom stereocenters. The van der Waals surface area contributed by atoms with E-state index in [1.54, 1.807) is 0 Å². The first-order chi connectivity index (χ1) is 8.60. The van der Waals surface area contributed by atoms with Crippen LogP contribution in [0.15, 0.2) is 6.07 Å². The summed E-state index contributed by atoms with van der Waals surface area (Å²) in [6, 6.07) is 2.42. The maximum absolute atomic E-state index is 6.07. The van der Waals surface area contributed by atoms with Crippen molar-refractivity contribution >= 4 is 17.4 Å². The lowest BCUT2D eigenvalue weighted by Crippen LogP contribution is -2.38. The van der Waals surface area contributed by atoms with Crippen LogP contribution in [0, 0.1) is 0 Å². The average Bonchev–Trinajstić information content (AvgIpc) is 2.75. The number of likely N-dealkylation sites (N-methyl/N-ethyl adjacent to an activating group) is 1. The first-order valence-corrected chi connectivity index (χ1v) is 6.92. The lowest BCUT2D eigenvalue weighted by atomic mass is 10.2. The van der Waals surface area contributed by atoms with Crippen LogP contribution in [-0.2, 0) is 6.42 Å². The zero-order valence-electron chi connectivity index (χ0n) is 11.4. The van der Waals surface area contributed by atoms with Crippen molar-refractivity contribution in [2.24, 2.45) is 0 Å². The van der Waals surface area contributed by atoms with E-state index in [4.69, 9.17) is 11.6 Å². The van der Waals surface area contributed by atoms with E-state index >= 15 is 0 Å². The maximum atomic E-state index is 6.07. The number of halogens is 1. The molecule has 2 rings (SSSR count). The van der Waals surface area contributed by atoms with Gasteiger partial charge in [0.25, 0.3) is 0 Å². The predicted molar refractivity (Wildman–Crippen MR) is 75.3 cm³/mol. The molecule has 2 heterocycles. The molecule has 0 radical (unpaired) electrons. The molecule has 0 amide bonds. The maximum Gasteiger partial charge on any atom is 0.134 e. The Bertz CT molecular complexity index is 408. The Morgan fingerprint density at radius 3 is 2.89 bits per heavy atom. The largest absolute Gasteiger partial charge is 0.352 e. The Morgan fingerprint density at radius 1 is 1.44 bits per heavy atom. The SMILES string of the molecule is CCc1nc(Cl)cc(N2CCCC2CN(C)C)n1. The Kier molecular flexibility index (Phi) is 4.40. The van der Waals surface area contributed by atoms with Gasteiger partial charge >= 0.3 is 0 Å². The summed E-state index contributed by atoms with van der Waals surface area (Å²) >= 11 is 6.07. The van der Waals surface area contributed by atoms with Gasteiger partial charge in [0.15, 0.2) is 0 Å². The van der Waals surface area contributed by atoms with Gasteiger partial charge in [0.05, 0.1) is 0 Å². The van der Waals surface area contributed by atoms with Gasteiger partial charge in [0, 0.05) is 31.6 Å². The first-order valence-electron chi connectivity index (χ1n) is 6.55. The van der Waals surface area contributed by atoms with E-state index in [0.29, 0.717) is 11.2 Å². The quantitative estimate of drug-likeness (QED) is 0.784. The van der Waals surface area contributed by atoms with Crippen molar-refractivity contribution < 1.29 is 0 Å². The zero-order valence-corrected chi connectivity index (χ0v) is 12.1. The summed E-state index contributed by atoms with van der Waals surface area (Å²) in [5.74, 6) is 1.81. The second kappa shape index (κ2) is 5.85. The number of aromatic nitrogens is 2. The molecular weight excluding hydrogens is 248 g/mol. The van der Waals surface area contributed by atoms with Gasteiger partial charge in [-0.25, -0.2) is 9.97 Å². The second-order valence-electron chi connectivity index (χ2n) is 5.07. The van der Waals surface area contributed by atoms with Crippen LogP contribution in [-0.4, -0.2) is 48.1 Å². The molecule has 18 heavy (non-hydrogen) atoms. The Labute approximate surface area is 114 Å². The summed E-state index contributed by atoms with van der Waals surface area (Å²) < 4.78 is 0. The molecular formula is C13H21ClN4. The smallest absolute Gasteiger partial charge is 0.134 e. The van der Waals surface area contributed by atoms with E-state index in [0.717, 1.165) is 31.2 Å². The molecule has 0 saturated carbocycles. The monoisotopic (exact) mass is 268 g/mol. The van der Waals surface area contributed by atoms with Crippen LogP contribution in [0.4, 0.5) is 5.82 Å². The topological polar surface area (TPSA) is 32.3 Å². The molecule has 1 atom stereocenters. The molecule has 1 aliphatic rings.